The summed E-state index contributed by atoms with van der Waals surface area (Å²) in [6.07, 6.45) is 0. The molecule has 0 saturated heterocycles. The Morgan fingerprint density at radius 1 is 0.963 bits per heavy atom. The zero-order chi connectivity index (χ0) is 18.6. The minimum atomic E-state index is 0.273. The van der Waals surface area contributed by atoms with E-state index in [9.17, 15) is 0 Å². The molecule has 2 aromatic carbocycles. The standard InChI is InChI=1S/C19H18N4O3S/c1-24-14-6-8-15(9-7-14)26-11-18-20-21-19-23(18)22-17(12-27-19)13-4-3-5-16(10-13)25-2/h3-10H,11-12H2,1-2H3. The fraction of sp³-hybridized carbons (Fsp3) is 0.211. The first kappa shape index (κ1) is 17.4. The zero-order valence-corrected chi connectivity index (χ0v) is 15.8. The monoisotopic (exact) mass is 382 g/mol. The lowest BCUT2D eigenvalue weighted by atomic mass is 10.1. The third-order valence-electron chi connectivity index (χ3n) is 4.07. The Labute approximate surface area is 161 Å². The van der Waals surface area contributed by atoms with E-state index in [4.69, 9.17) is 19.3 Å². The van der Waals surface area contributed by atoms with Gasteiger partial charge in [-0.3, -0.25) is 0 Å². The molecule has 27 heavy (non-hydrogen) atoms. The Morgan fingerprint density at radius 2 is 1.74 bits per heavy atom. The molecule has 8 heteroatoms. The molecule has 0 radical (unpaired) electrons. The van der Waals surface area contributed by atoms with Gasteiger partial charge in [-0.05, 0) is 36.4 Å². The first-order valence-corrected chi connectivity index (χ1v) is 9.31. The van der Waals surface area contributed by atoms with Crippen molar-refractivity contribution in [1.29, 1.82) is 0 Å². The van der Waals surface area contributed by atoms with Gasteiger partial charge in [0.25, 0.3) is 0 Å². The number of methoxy groups -OCH3 is 2. The Bertz CT molecular complexity index is 969. The van der Waals surface area contributed by atoms with Crippen LogP contribution < -0.4 is 14.2 Å². The van der Waals surface area contributed by atoms with Crippen LogP contribution in [0.25, 0.3) is 0 Å². The Balaban J connectivity index is 1.54. The second-order valence-electron chi connectivity index (χ2n) is 5.74. The third-order valence-corrected chi connectivity index (χ3v) is 5.00. The molecule has 0 fully saturated rings. The average molecular weight is 382 g/mol. The largest absolute Gasteiger partial charge is 0.497 e. The summed E-state index contributed by atoms with van der Waals surface area (Å²) < 4.78 is 18.0. The van der Waals surface area contributed by atoms with Crippen LogP contribution in [0.15, 0.2) is 58.8 Å². The lowest BCUT2D eigenvalue weighted by Gasteiger charge is -2.14. The van der Waals surface area contributed by atoms with E-state index < -0.39 is 0 Å². The molecule has 0 unspecified atom stereocenters. The lowest BCUT2D eigenvalue weighted by molar-refractivity contribution is 0.289. The molecule has 0 spiro atoms. The molecule has 1 aliphatic heterocycles. The van der Waals surface area contributed by atoms with Crippen molar-refractivity contribution in [3.05, 3.63) is 59.9 Å². The molecule has 4 rings (SSSR count). The highest BCUT2D eigenvalue weighted by Crippen LogP contribution is 2.26. The molecule has 2 heterocycles. The fourth-order valence-electron chi connectivity index (χ4n) is 2.62. The maximum absolute atomic E-state index is 5.82. The molecule has 0 N–H and O–H groups in total. The number of benzene rings is 2. The molecular formula is C19H18N4O3S. The topological polar surface area (TPSA) is 70.8 Å². The minimum Gasteiger partial charge on any atom is -0.497 e. The maximum Gasteiger partial charge on any atom is 0.212 e. The summed E-state index contributed by atoms with van der Waals surface area (Å²) in [5.41, 5.74) is 1.96. The van der Waals surface area contributed by atoms with Crippen LogP contribution in [0.3, 0.4) is 0 Å². The first-order chi connectivity index (χ1) is 13.3. The normalized spacial score (nSPS) is 12.9. The van der Waals surface area contributed by atoms with E-state index in [0.29, 0.717) is 5.82 Å². The number of hydrogen-bond donors (Lipinski definition) is 0. The summed E-state index contributed by atoms with van der Waals surface area (Å²) in [4.78, 5) is 0. The first-order valence-electron chi connectivity index (χ1n) is 8.33. The van der Waals surface area contributed by atoms with Crippen LogP contribution in [0, 0.1) is 0 Å². The van der Waals surface area contributed by atoms with E-state index in [2.05, 4.69) is 10.2 Å². The quantitative estimate of drug-likeness (QED) is 0.652. The maximum atomic E-state index is 5.82. The molecule has 0 amide bonds. The molecule has 1 aromatic heterocycles. The van der Waals surface area contributed by atoms with Crippen molar-refractivity contribution in [1.82, 2.24) is 14.9 Å². The van der Waals surface area contributed by atoms with Gasteiger partial charge >= 0.3 is 0 Å². The third kappa shape index (κ3) is 3.75. The summed E-state index contributed by atoms with van der Waals surface area (Å²) in [6, 6.07) is 15.3. The van der Waals surface area contributed by atoms with Crippen molar-refractivity contribution in [2.24, 2.45) is 5.10 Å². The molecule has 1 aliphatic rings. The van der Waals surface area contributed by atoms with E-state index >= 15 is 0 Å². The minimum absolute atomic E-state index is 0.273. The van der Waals surface area contributed by atoms with E-state index in [-0.39, 0.29) is 6.61 Å². The lowest BCUT2D eigenvalue weighted by Crippen LogP contribution is -2.15. The number of aromatic nitrogens is 3. The molecule has 0 atom stereocenters. The van der Waals surface area contributed by atoms with Gasteiger partial charge in [-0.1, -0.05) is 23.9 Å². The fourth-order valence-corrected chi connectivity index (χ4v) is 3.48. The van der Waals surface area contributed by atoms with Gasteiger partial charge in [0.1, 0.15) is 23.9 Å². The molecule has 0 bridgehead atoms. The van der Waals surface area contributed by atoms with E-state index in [0.717, 1.165) is 39.4 Å². The Morgan fingerprint density at radius 3 is 2.52 bits per heavy atom. The highest BCUT2D eigenvalue weighted by atomic mass is 32.2. The number of thioether (sulfide) groups is 1. The molecule has 0 aliphatic carbocycles. The summed E-state index contributed by atoms with van der Waals surface area (Å²) >= 11 is 1.60. The Hall–Kier alpha value is -3.00. The predicted octanol–water partition coefficient (Wildman–Crippen LogP) is 3.23. The number of fused-ring (bicyclic) bond motifs is 1. The van der Waals surface area contributed by atoms with Crippen LogP contribution in [-0.2, 0) is 6.61 Å². The summed E-state index contributed by atoms with van der Waals surface area (Å²) in [7, 11) is 3.29. The number of rotatable bonds is 6. The molecule has 0 saturated carbocycles. The second-order valence-corrected chi connectivity index (χ2v) is 6.68. The summed E-state index contributed by atoms with van der Waals surface area (Å²) in [6.45, 7) is 0.273. The average Bonchev–Trinajstić information content (AvgIpc) is 3.15. The second kappa shape index (κ2) is 7.71. The van der Waals surface area contributed by atoms with Crippen molar-refractivity contribution in [2.75, 3.05) is 20.0 Å². The Kier molecular flexibility index (Phi) is 4.97. The van der Waals surface area contributed by atoms with Crippen LogP contribution in [0.5, 0.6) is 17.2 Å². The summed E-state index contributed by atoms with van der Waals surface area (Å²) in [5, 5.41) is 13.9. The molecular weight excluding hydrogens is 364 g/mol. The number of hydrogen-bond acceptors (Lipinski definition) is 7. The smallest absolute Gasteiger partial charge is 0.212 e. The highest BCUT2D eigenvalue weighted by Gasteiger charge is 2.20. The van der Waals surface area contributed by atoms with Crippen LogP contribution >= 0.6 is 11.8 Å². The van der Waals surface area contributed by atoms with Gasteiger partial charge in [0, 0.05) is 11.3 Å². The van der Waals surface area contributed by atoms with Crippen molar-refractivity contribution < 1.29 is 14.2 Å². The number of ether oxygens (including phenoxy) is 3. The van der Waals surface area contributed by atoms with E-state index in [1.54, 1.807) is 30.7 Å². The van der Waals surface area contributed by atoms with Crippen molar-refractivity contribution in [3.8, 4) is 17.2 Å². The van der Waals surface area contributed by atoms with E-state index in [1.807, 2.05) is 48.5 Å². The van der Waals surface area contributed by atoms with Crippen molar-refractivity contribution in [2.45, 2.75) is 11.8 Å². The van der Waals surface area contributed by atoms with Crippen LogP contribution in [-0.4, -0.2) is 40.6 Å². The predicted molar refractivity (Wildman–Crippen MR) is 103 cm³/mol. The van der Waals surface area contributed by atoms with Gasteiger partial charge in [-0.15, -0.1) is 10.2 Å². The van der Waals surface area contributed by atoms with Gasteiger partial charge < -0.3 is 14.2 Å². The van der Waals surface area contributed by atoms with E-state index in [1.165, 1.54) is 0 Å². The zero-order valence-electron chi connectivity index (χ0n) is 15.0. The van der Waals surface area contributed by atoms with Crippen LogP contribution in [0.2, 0.25) is 0 Å². The number of nitrogens with zero attached hydrogens (tertiary/aromatic N) is 4. The van der Waals surface area contributed by atoms with Gasteiger partial charge in [0.05, 0.1) is 19.9 Å². The van der Waals surface area contributed by atoms with Crippen LogP contribution in [0.1, 0.15) is 11.4 Å². The van der Waals surface area contributed by atoms with Gasteiger partial charge in [-0.2, -0.15) is 9.78 Å². The summed E-state index contributed by atoms with van der Waals surface area (Å²) in [5.74, 6) is 3.69. The SMILES string of the molecule is COc1ccc(OCc2nnc3n2N=C(c2cccc(OC)c2)CS3)cc1. The van der Waals surface area contributed by atoms with Crippen molar-refractivity contribution >= 4 is 17.5 Å². The van der Waals surface area contributed by atoms with Crippen molar-refractivity contribution in [3.63, 3.8) is 0 Å². The molecule has 138 valence electrons. The molecule has 3 aromatic rings. The van der Waals surface area contributed by atoms with Crippen LogP contribution in [0.4, 0.5) is 0 Å². The van der Waals surface area contributed by atoms with Gasteiger partial charge in [0.15, 0.2) is 5.82 Å². The van der Waals surface area contributed by atoms with Gasteiger partial charge in [-0.25, -0.2) is 0 Å². The molecule has 7 nitrogen and oxygen atoms in total. The van der Waals surface area contributed by atoms with Gasteiger partial charge in [0.2, 0.25) is 5.16 Å². The highest BCUT2D eigenvalue weighted by molar-refractivity contribution is 7.99.